The van der Waals surface area contributed by atoms with Crippen molar-refractivity contribution in [3.05, 3.63) is 176 Å². The third-order valence-electron chi connectivity index (χ3n) is 8.41. The SMILES string of the molecule is c1ccc(-c2ccccc2N(c2ccc3ccccc3c2)c2c(-c3ccccc3)c3ccccc3c3ccccc23)cc1. The molecular formula is C42H29N. The Balaban J connectivity index is 1.56. The van der Waals surface area contributed by atoms with Gasteiger partial charge in [0.25, 0.3) is 0 Å². The van der Waals surface area contributed by atoms with Crippen LogP contribution in [-0.2, 0) is 0 Å². The van der Waals surface area contributed by atoms with E-state index in [-0.39, 0.29) is 0 Å². The predicted molar refractivity (Wildman–Crippen MR) is 185 cm³/mol. The van der Waals surface area contributed by atoms with Gasteiger partial charge in [0.15, 0.2) is 0 Å². The maximum absolute atomic E-state index is 2.49. The average Bonchev–Trinajstić information content (AvgIpc) is 3.09. The summed E-state index contributed by atoms with van der Waals surface area (Å²) in [7, 11) is 0. The number of benzene rings is 8. The Bertz CT molecular complexity index is 2230. The van der Waals surface area contributed by atoms with Crippen molar-refractivity contribution in [3.63, 3.8) is 0 Å². The van der Waals surface area contributed by atoms with E-state index in [1.165, 1.54) is 60.3 Å². The minimum atomic E-state index is 1.12. The fraction of sp³-hybridized carbons (Fsp3) is 0. The van der Waals surface area contributed by atoms with Crippen molar-refractivity contribution in [1.29, 1.82) is 0 Å². The Kier molecular flexibility index (Phi) is 6.20. The van der Waals surface area contributed by atoms with E-state index in [0.717, 1.165) is 11.4 Å². The van der Waals surface area contributed by atoms with Gasteiger partial charge in [0.1, 0.15) is 0 Å². The molecule has 0 N–H and O–H groups in total. The highest BCUT2D eigenvalue weighted by Gasteiger charge is 2.25. The Morgan fingerprint density at radius 1 is 0.349 bits per heavy atom. The van der Waals surface area contributed by atoms with Gasteiger partial charge in [0.2, 0.25) is 0 Å². The molecule has 0 unspecified atom stereocenters. The minimum absolute atomic E-state index is 1.12. The molecule has 8 aromatic carbocycles. The van der Waals surface area contributed by atoms with E-state index in [2.05, 4.69) is 181 Å². The summed E-state index contributed by atoms with van der Waals surface area (Å²) in [5.41, 5.74) is 8.25. The van der Waals surface area contributed by atoms with Gasteiger partial charge in [-0.3, -0.25) is 0 Å². The standard InChI is InChI=1S/C42H29N/c1-3-16-31(17-4-1)35-21-13-14-26-40(35)43(34-28-27-30-15-7-8-20-33(30)29-34)42-39-25-12-10-23-37(39)36-22-9-11-24-38(36)41(42)32-18-5-2-6-19-32/h1-29H. The van der Waals surface area contributed by atoms with Crippen LogP contribution in [0.25, 0.3) is 54.6 Å². The molecule has 1 heteroatoms. The molecule has 0 aliphatic rings. The first kappa shape index (κ1) is 25.1. The van der Waals surface area contributed by atoms with Crippen molar-refractivity contribution >= 4 is 49.4 Å². The first-order chi connectivity index (χ1) is 21.4. The maximum atomic E-state index is 2.49. The first-order valence-corrected chi connectivity index (χ1v) is 14.8. The smallest absolute Gasteiger partial charge is 0.0625 e. The number of para-hydroxylation sites is 1. The van der Waals surface area contributed by atoms with E-state index in [1.54, 1.807) is 0 Å². The molecule has 0 amide bonds. The van der Waals surface area contributed by atoms with E-state index in [1.807, 2.05) is 0 Å². The van der Waals surface area contributed by atoms with Gasteiger partial charge in [-0.2, -0.15) is 0 Å². The molecule has 0 heterocycles. The molecule has 8 aromatic rings. The highest BCUT2D eigenvalue weighted by Crippen LogP contribution is 2.51. The second-order valence-electron chi connectivity index (χ2n) is 10.9. The van der Waals surface area contributed by atoms with Crippen molar-refractivity contribution < 1.29 is 0 Å². The topological polar surface area (TPSA) is 3.24 Å². The monoisotopic (exact) mass is 547 g/mol. The fourth-order valence-electron chi connectivity index (χ4n) is 6.49. The molecule has 43 heavy (non-hydrogen) atoms. The molecule has 0 saturated heterocycles. The van der Waals surface area contributed by atoms with Crippen LogP contribution in [0.15, 0.2) is 176 Å². The highest BCUT2D eigenvalue weighted by atomic mass is 15.1. The third-order valence-corrected chi connectivity index (χ3v) is 8.41. The van der Waals surface area contributed by atoms with E-state index in [9.17, 15) is 0 Å². The second-order valence-corrected chi connectivity index (χ2v) is 10.9. The van der Waals surface area contributed by atoms with Crippen LogP contribution in [0.1, 0.15) is 0 Å². The summed E-state index contributed by atoms with van der Waals surface area (Å²) in [4.78, 5) is 2.49. The molecule has 202 valence electrons. The summed E-state index contributed by atoms with van der Waals surface area (Å²) in [6.45, 7) is 0. The number of fused-ring (bicyclic) bond motifs is 4. The van der Waals surface area contributed by atoms with Crippen LogP contribution in [0.4, 0.5) is 17.1 Å². The zero-order valence-corrected chi connectivity index (χ0v) is 23.7. The average molecular weight is 548 g/mol. The quantitative estimate of drug-likeness (QED) is 0.194. The summed E-state index contributed by atoms with van der Waals surface area (Å²) in [5.74, 6) is 0. The number of hydrogen-bond donors (Lipinski definition) is 0. The molecule has 0 bridgehead atoms. The van der Waals surface area contributed by atoms with Crippen molar-refractivity contribution in [2.75, 3.05) is 4.90 Å². The molecule has 0 aliphatic carbocycles. The molecule has 0 atom stereocenters. The van der Waals surface area contributed by atoms with Crippen molar-refractivity contribution in [2.45, 2.75) is 0 Å². The molecule has 0 aromatic heterocycles. The van der Waals surface area contributed by atoms with Crippen LogP contribution in [-0.4, -0.2) is 0 Å². The van der Waals surface area contributed by atoms with Crippen LogP contribution < -0.4 is 4.90 Å². The van der Waals surface area contributed by atoms with E-state index in [4.69, 9.17) is 0 Å². The molecule has 8 rings (SSSR count). The van der Waals surface area contributed by atoms with Gasteiger partial charge in [0, 0.05) is 22.2 Å². The Hall–Kier alpha value is -5.66. The lowest BCUT2D eigenvalue weighted by molar-refractivity contribution is 1.31. The van der Waals surface area contributed by atoms with Crippen molar-refractivity contribution in [3.8, 4) is 22.3 Å². The molecule has 1 nitrogen and oxygen atoms in total. The number of anilines is 3. The van der Waals surface area contributed by atoms with Gasteiger partial charge < -0.3 is 4.90 Å². The van der Waals surface area contributed by atoms with Crippen LogP contribution in [0, 0.1) is 0 Å². The second kappa shape index (κ2) is 10.6. The lowest BCUT2D eigenvalue weighted by Crippen LogP contribution is -2.13. The molecule has 0 aliphatic heterocycles. The van der Waals surface area contributed by atoms with E-state index >= 15 is 0 Å². The van der Waals surface area contributed by atoms with Crippen LogP contribution in [0.5, 0.6) is 0 Å². The maximum Gasteiger partial charge on any atom is 0.0625 e. The number of rotatable bonds is 5. The zero-order chi connectivity index (χ0) is 28.6. The lowest BCUT2D eigenvalue weighted by atomic mass is 9.89. The summed E-state index contributed by atoms with van der Waals surface area (Å²) in [6, 6.07) is 63.5. The minimum Gasteiger partial charge on any atom is -0.309 e. The van der Waals surface area contributed by atoms with Gasteiger partial charge in [-0.25, -0.2) is 0 Å². The number of hydrogen-bond acceptors (Lipinski definition) is 1. The summed E-state index contributed by atoms with van der Waals surface area (Å²) in [6.07, 6.45) is 0. The highest BCUT2D eigenvalue weighted by molar-refractivity contribution is 6.22. The van der Waals surface area contributed by atoms with Crippen LogP contribution >= 0.6 is 0 Å². The predicted octanol–water partition coefficient (Wildman–Crippen LogP) is 11.9. The summed E-state index contributed by atoms with van der Waals surface area (Å²) >= 11 is 0. The number of nitrogens with zero attached hydrogens (tertiary/aromatic N) is 1. The lowest BCUT2D eigenvalue weighted by Gasteiger charge is -2.32. The molecule has 0 spiro atoms. The van der Waals surface area contributed by atoms with Crippen LogP contribution in [0.2, 0.25) is 0 Å². The molecule has 0 radical (unpaired) electrons. The van der Waals surface area contributed by atoms with Crippen LogP contribution in [0.3, 0.4) is 0 Å². The largest absolute Gasteiger partial charge is 0.309 e. The molecular weight excluding hydrogens is 518 g/mol. The Morgan fingerprint density at radius 3 is 1.63 bits per heavy atom. The Morgan fingerprint density at radius 2 is 0.884 bits per heavy atom. The Labute approximate surface area is 251 Å². The first-order valence-electron chi connectivity index (χ1n) is 14.8. The van der Waals surface area contributed by atoms with Gasteiger partial charge in [-0.1, -0.05) is 158 Å². The molecule has 0 saturated carbocycles. The van der Waals surface area contributed by atoms with Gasteiger partial charge >= 0.3 is 0 Å². The van der Waals surface area contributed by atoms with E-state index in [0.29, 0.717) is 0 Å². The van der Waals surface area contributed by atoms with Gasteiger partial charge in [0.05, 0.1) is 11.4 Å². The van der Waals surface area contributed by atoms with Crippen molar-refractivity contribution in [1.82, 2.24) is 0 Å². The summed E-state index contributed by atoms with van der Waals surface area (Å²) < 4.78 is 0. The van der Waals surface area contributed by atoms with Crippen molar-refractivity contribution in [2.24, 2.45) is 0 Å². The van der Waals surface area contributed by atoms with Gasteiger partial charge in [-0.15, -0.1) is 0 Å². The van der Waals surface area contributed by atoms with E-state index < -0.39 is 0 Å². The zero-order valence-electron chi connectivity index (χ0n) is 23.7. The summed E-state index contributed by atoms with van der Waals surface area (Å²) in [5, 5.41) is 7.41. The molecule has 0 fully saturated rings. The normalized spacial score (nSPS) is 11.3. The third kappa shape index (κ3) is 4.34. The van der Waals surface area contributed by atoms with Gasteiger partial charge in [-0.05, 0) is 56.3 Å². The fourth-order valence-corrected chi connectivity index (χ4v) is 6.49.